The van der Waals surface area contributed by atoms with Gasteiger partial charge in [0.25, 0.3) is 0 Å². The summed E-state index contributed by atoms with van der Waals surface area (Å²) in [6, 6.07) is 11.7. The van der Waals surface area contributed by atoms with E-state index in [1.54, 1.807) is 11.6 Å². The molecular weight excluding hydrogens is 266 g/mol. The first-order valence-electron chi connectivity index (χ1n) is 6.81. The van der Waals surface area contributed by atoms with Crippen LogP contribution in [0, 0.1) is 25.2 Å². The van der Waals surface area contributed by atoms with Gasteiger partial charge in [-0.2, -0.15) is 10.4 Å². The Labute approximate surface area is 123 Å². The van der Waals surface area contributed by atoms with Gasteiger partial charge in [0.15, 0.2) is 0 Å². The molecule has 0 saturated carbocycles. The fraction of sp³-hybridized carbons (Fsp3) is 0.312. The molecule has 0 amide bonds. The lowest BCUT2D eigenvalue weighted by atomic mass is 10.2. The Morgan fingerprint density at radius 2 is 2.05 bits per heavy atom. The number of rotatable bonds is 5. The van der Waals surface area contributed by atoms with Crippen LogP contribution in [0.3, 0.4) is 0 Å². The van der Waals surface area contributed by atoms with Crippen LogP contribution >= 0.6 is 0 Å². The predicted octanol–water partition coefficient (Wildman–Crippen LogP) is 2.95. The van der Waals surface area contributed by atoms with E-state index < -0.39 is 0 Å². The Morgan fingerprint density at radius 1 is 1.33 bits per heavy atom. The van der Waals surface area contributed by atoms with Crippen LogP contribution in [-0.4, -0.2) is 22.4 Å². The van der Waals surface area contributed by atoms with E-state index in [4.69, 9.17) is 10.00 Å². The maximum Gasteiger partial charge on any atom is 0.341 e. The number of nitrogens with zero attached hydrogens (tertiary/aromatic N) is 3. The second-order valence-corrected chi connectivity index (χ2v) is 4.69. The van der Waals surface area contributed by atoms with Gasteiger partial charge in [-0.25, -0.2) is 9.48 Å². The Hall–Kier alpha value is -2.61. The van der Waals surface area contributed by atoms with Crippen molar-refractivity contribution in [2.24, 2.45) is 0 Å². The van der Waals surface area contributed by atoms with Crippen LogP contribution in [0.5, 0.6) is 0 Å². The first-order valence-corrected chi connectivity index (χ1v) is 6.81. The van der Waals surface area contributed by atoms with Crippen molar-refractivity contribution in [3.8, 4) is 11.8 Å². The van der Waals surface area contributed by atoms with Crippen LogP contribution < -0.4 is 0 Å². The molecule has 5 heteroatoms. The molecule has 0 spiro atoms. The van der Waals surface area contributed by atoms with Crippen LogP contribution in [0.1, 0.15) is 34.6 Å². The average molecular weight is 283 g/mol. The minimum absolute atomic E-state index is 0.252. The molecule has 2 rings (SSSR count). The highest BCUT2D eigenvalue weighted by Crippen LogP contribution is 2.18. The Morgan fingerprint density at radius 3 is 2.71 bits per heavy atom. The van der Waals surface area contributed by atoms with Gasteiger partial charge in [-0.05, 0) is 32.4 Å². The summed E-state index contributed by atoms with van der Waals surface area (Å²) >= 11 is 0. The van der Waals surface area contributed by atoms with Crippen molar-refractivity contribution in [2.75, 3.05) is 6.61 Å². The molecule has 5 nitrogen and oxygen atoms in total. The summed E-state index contributed by atoms with van der Waals surface area (Å²) in [7, 11) is 0. The van der Waals surface area contributed by atoms with E-state index in [9.17, 15) is 4.79 Å². The number of carbonyl (C=O) groups is 1. The van der Waals surface area contributed by atoms with Gasteiger partial charge < -0.3 is 4.74 Å². The summed E-state index contributed by atoms with van der Waals surface area (Å²) in [5.41, 5.74) is 2.79. The SMILES string of the molecule is Cc1nn(-c2ccccc2)c(C)c1C(=O)OCCCC#N. The largest absolute Gasteiger partial charge is 0.462 e. The molecule has 2 aromatic rings. The number of hydrogen-bond acceptors (Lipinski definition) is 4. The summed E-state index contributed by atoms with van der Waals surface area (Å²) in [4.78, 5) is 12.1. The van der Waals surface area contributed by atoms with Gasteiger partial charge in [-0.1, -0.05) is 18.2 Å². The highest BCUT2D eigenvalue weighted by Gasteiger charge is 2.20. The van der Waals surface area contributed by atoms with Gasteiger partial charge in [0.1, 0.15) is 5.56 Å². The van der Waals surface area contributed by atoms with Gasteiger partial charge in [0.2, 0.25) is 0 Å². The summed E-state index contributed by atoms with van der Waals surface area (Å²) < 4.78 is 6.93. The van der Waals surface area contributed by atoms with Crippen molar-refractivity contribution in [3.63, 3.8) is 0 Å². The molecule has 0 bridgehead atoms. The van der Waals surface area contributed by atoms with E-state index in [0.29, 0.717) is 24.1 Å². The lowest BCUT2D eigenvalue weighted by Crippen LogP contribution is -2.09. The lowest BCUT2D eigenvalue weighted by Gasteiger charge is -2.05. The van der Waals surface area contributed by atoms with Crippen LogP contribution in [-0.2, 0) is 4.74 Å². The molecule has 1 aromatic carbocycles. The van der Waals surface area contributed by atoms with Crippen molar-refractivity contribution < 1.29 is 9.53 Å². The summed E-state index contributed by atoms with van der Waals surface area (Å²) in [6.45, 7) is 3.89. The van der Waals surface area contributed by atoms with E-state index in [0.717, 1.165) is 11.4 Å². The molecule has 0 N–H and O–H groups in total. The summed E-state index contributed by atoms with van der Waals surface area (Å²) in [6.07, 6.45) is 0.932. The number of aromatic nitrogens is 2. The third-order valence-corrected chi connectivity index (χ3v) is 3.16. The first-order chi connectivity index (χ1) is 10.1. The smallest absolute Gasteiger partial charge is 0.341 e. The van der Waals surface area contributed by atoms with Crippen molar-refractivity contribution in [1.29, 1.82) is 5.26 Å². The van der Waals surface area contributed by atoms with Crippen LogP contribution in [0.4, 0.5) is 0 Å². The van der Waals surface area contributed by atoms with E-state index >= 15 is 0 Å². The molecule has 108 valence electrons. The highest BCUT2D eigenvalue weighted by atomic mass is 16.5. The van der Waals surface area contributed by atoms with Gasteiger partial charge in [0.05, 0.1) is 29.8 Å². The minimum atomic E-state index is -0.384. The predicted molar refractivity (Wildman–Crippen MR) is 78.2 cm³/mol. The fourth-order valence-electron chi connectivity index (χ4n) is 2.15. The van der Waals surface area contributed by atoms with E-state index in [-0.39, 0.29) is 12.6 Å². The second-order valence-electron chi connectivity index (χ2n) is 4.69. The lowest BCUT2D eigenvalue weighted by molar-refractivity contribution is 0.0500. The molecule has 0 radical (unpaired) electrons. The molecule has 1 heterocycles. The molecule has 0 fully saturated rings. The zero-order valence-electron chi connectivity index (χ0n) is 12.2. The number of unbranched alkanes of at least 4 members (excludes halogenated alkanes) is 1. The molecule has 1 aromatic heterocycles. The Kier molecular flexibility index (Phi) is 4.72. The Bertz CT molecular complexity index is 669. The number of hydrogen-bond donors (Lipinski definition) is 0. The van der Waals surface area contributed by atoms with Crippen LogP contribution in [0.2, 0.25) is 0 Å². The number of esters is 1. The third-order valence-electron chi connectivity index (χ3n) is 3.16. The topological polar surface area (TPSA) is 67.9 Å². The number of para-hydroxylation sites is 1. The number of carbonyl (C=O) groups excluding carboxylic acids is 1. The molecular formula is C16H17N3O2. The molecule has 0 aliphatic rings. The minimum Gasteiger partial charge on any atom is -0.462 e. The highest BCUT2D eigenvalue weighted by molar-refractivity contribution is 5.92. The third kappa shape index (κ3) is 3.29. The van der Waals surface area contributed by atoms with E-state index in [2.05, 4.69) is 5.10 Å². The maximum atomic E-state index is 12.1. The maximum absolute atomic E-state index is 12.1. The van der Waals surface area contributed by atoms with Gasteiger partial charge in [-0.3, -0.25) is 0 Å². The standard InChI is InChI=1S/C16H17N3O2/c1-12-15(16(20)21-11-7-6-10-17)13(2)19(18-12)14-8-4-3-5-9-14/h3-5,8-9H,6-7,11H2,1-2H3. The number of aryl methyl sites for hydroxylation is 1. The van der Waals surface area contributed by atoms with Crippen LogP contribution in [0.15, 0.2) is 30.3 Å². The normalized spacial score (nSPS) is 10.1. The molecule has 0 aliphatic carbocycles. The molecule has 0 atom stereocenters. The summed E-state index contributed by atoms with van der Waals surface area (Å²) in [5, 5.41) is 12.9. The van der Waals surface area contributed by atoms with Crippen LogP contribution in [0.25, 0.3) is 5.69 Å². The van der Waals surface area contributed by atoms with Gasteiger partial charge >= 0.3 is 5.97 Å². The molecule has 21 heavy (non-hydrogen) atoms. The average Bonchev–Trinajstić information content (AvgIpc) is 2.79. The zero-order valence-corrected chi connectivity index (χ0v) is 12.2. The first kappa shape index (κ1) is 14.8. The Balaban J connectivity index is 2.20. The number of ether oxygens (including phenoxy) is 1. The van der Waals surface area contributed by atoms with Gasteiger partial charge in [-0.15, -0.1) is 0 Å². The zero-order chi connectivity index (χ0) is 15.2. The second kappa shape index (κ2) is 6.71. The number of benzene rings is 1. The molecule has 0 saturated heterocycles. The van der Waals surface area contributed by atoms with E-state index in [1.165, 1.54) is 0 Å². The van der Waals surface area contributed by atoms with Crippen molar-refractivity contribution in [3.05, 3.63) is 47.3 Å². The van der Waals surface area contributed by atoms with Crippen molar-refractivity contribution >= 4 is 5.97 Å². The van der Waals surface area contributed by atoms with Crippen molar-refractivity contribution in [2.45, 2.75) is 26.7 Å². The number of nitriles is 1. The monoisotopic (exact) mass is 283 g/mol. The quantitative estimate of drug-likeness (QED) is 0.625. The van der Waals surface area contributed by atoms with E-state index in [1.807, 2.05) is 43.3 Å². The molecule has 0 aliphatic heterocycles. The summed E-state index contributed by atoms with van der Waals surface area (Å²) in [5.74, 6) is -0.384. The van der Waals surface area contributed by atoms with Gasteiger partial charge in [0, 0.05) is 6.42 Å². The fourth-order valence-corrected chi connectivity index (χ4v) is 2.15. The van der Waals surface area contributed by atoms with Crippen molar-refractivity contribution in [1.82, 2.24) is 9.78 Å². The molecule has 0 unspecified atom stereocenters.